The number of carbonyl (C=O) groups is 1. The first kappa shape index (κ1) is 12.8. The lowest BCUT2D eigenvalue weighted by molar-refractivity contribution is -0.123. The zero-order valence-electron chi connectivity index (χ0n) is 9.21. The molecule has 0 saturated carbocycles. The molecular formula is C11H14ClNO3. The zero-order chi connectivity index (χ0) is 12.1. The minimum absolute atomic E-state index is 0.282. The van der Waals surface area contributed by atoms with Gasteiger partial charge in [-0.3, -0.25) is 4.79 Å². The Morgan fingerprint density at radius 1 is 1.56 bits per heavy atom. The van der Waals surface area contributed by atoms with Crippen LogP contribution in [-0.4, -0.2) is 24.7 Å². The molecule has 0 saturated heterocycles. The van der Waals surface area contributed by atoms with E-state index in [0.717, 1.165) is 11.1 Å². The molecule has 1 amide bonds. The number of hydrogen-bond acceptors (Lipinski definition) is 3. The molecule has 1 aromatic rings. The molecule has 1 aromatic carbocycles. The van der Waals surface area contributed by atoms with Crippen LogP contribution in [0.25, 0.3) is 0 Å². The largest absolute Gasteiger partial charge is 0.496 e. The van der Waals surface area contributed by atoms with Crippen molar-refractivity contribution in [1.82, 2.24) is 5.32 Å². The van der Waals surface area contributed by atoms with Gasteiger partial charge < -0.3 is 15.2 Å². The molecule has 0 aromatic heterocycles. The van der Waals surface area contributed by atoms with Crippen LogP contribution in [0.1, 0.15) is 11.1 Å². The number of aliphatic hydroxyl groups is 1. The standard InChI is InChI=1S/C11H14ClNO3/c1-7-3-9(12)4-8(11(7)16-2)5-13-10(15)6-14/h3-4,14H,5-6H2,1-2H3,(H,13,15). The first-order valence-electron chi connectivity index (χ1n) is 4.79. The molecule has 0 fully saturated rings. The molecule has 2 N–H and O–H groups in total. The predicted octanol–water partition coefficient (Wildman–Crippen LogP) is 1.27. The van der Waals surface area contributed by atoms with Crippen molar-refractivity contribution in [2.24, 2.45) is 0 Å². The van der Waals surface area contributed by atoms with Crippen LogP contribution in [0.2, 0.25) is 5.02 Å². The average molecular weight is 244 g/mol. The number of halogens is 1. The maximum absolute atomic E-state index is 10.9. The van der Waals surface area contributed by atoms with E-state index in [-0.39, 0.29) is 6.54 Å². The number of nitrogens with one attached hydrogen (secondary N) is 1. The van der Waals surface area contributed by atoms with Crippen molar-refractivity contribution in [2.75, 3.05) is 13.7 Å². The Bertz CT molecular complexity index is 393. The van der Waals surface area contributed by atoms with Gasteiger partial charge in [-0.15, -0.1) is 0 Å². The minimum Gasteiger partial charge on any atom is -0.496 e. The minimum atomic E-state index is -0.526. The smallest absolute Gasteiger partial charge is 0.245 e. The normalized spacial score (nSPS) is 10.0. The van der Waals surface area contributed by atoms with Crippen LogP contribution in [-0.2, 0) is 11.3 Å². The highest BCUT2D eigenvalue weighted by atomic mass is 35.5. The summed E-state index contributed by atoms with van der Waals surface area (Å²) in [6.07, 6.45) is 0. The van der Waals surface area contributed by atoms with E-state index in [1.807, 2.05) is 6.92 Å². The summed E-state index contributed by atoms with van der Waals surface area (Å²) < 4.78 is 5.22. The summed E-state index contributed by atoms with van der Waals surface area (Å²) in [5, 5.41) is 11.7. The molecule has 0 aliphatic carbocycles. The van der Waals surface area contributed by atoms with E-state index in [2.05, 4.69) is 5.32 Å². The second kappa shape index (κ2) is 5.72. The van der Waals surface area contributed by atoms with E-state index in [0.29, 0.717) is 10.8 Å². The number of hydrogen-bond donors (Lipinski definition) is 2. The Labute approximate surface area is 99.2 Å². The topological polar surface area (TPSA) is 58.6 Å². The lowest BCUT2D eigenvalue weighted by Crippen LogP contribution is -2.25. The van der Waals surface area contributed by atoms with E-state index in [1.165, 1.54) is 0 Å². The van der Waals surface area contributed by atoms with Crippen molar-refractivity contribution < 1.29 is 14.6 Å². The van der Waals surface area contributed by atoms with Gasteiger partial charge in [0, 0.05) is 17.1 Å². The summed E-state index contributed by atoms with van der Waals surface area (Å²) in [6, 6.07) is 3.52. The third kappa shape index (κ3) is 3.12. The maximum atomic E-state index is 10.9. The van der Waals surface area contributed by atoms with E-state index < -0.39 is 12.5 Å². The number of aliphatic hydroxyl groups excluding tert-OH is 1. The third-order valence-corrected chi connectivity index (χ3v) is 2.36. The van der Waals surface area contributed by atoms with Crippen LogP contribution in [0, 0.1) is 6.92 Å². The van der Waals surface area contributed by atoms with Gasteiger partial charge in [-0.05, 0) is 24.6 Å². The van der Waals surface area contributed by atoms with E-state index in [4.69, 9.17) is 21.4 Å². The second-order valence-corrected chi connectivity index (χ2v) is 3.79. The number of ether oxygens (including phenoxy) is 1. The van der Waals surface area contributed by atoms with Crippen molar-refractivity contribution in [3.05, 3.63) is 28.3 Å². The molecule has 5 heteroatoms. The Kier molecular flexibility index (Phi) is 4.58. The fraction of sp³-hybridized carbons (Fsp3) is 0.364. The van der Waals surface area contributed by atoms with Crippen LogP contribution >= 0.6 is 11.6 Å². The average Bonchev–Trinajstić information content (AvgIpc) is 2.25. The van der Waals surface area contributed by atoms with Gasteiger partial charge in [0.1, 0.15) is 12.4 Å². The van der Waals surface area contributed by atoms with Gasteiger partial charge in [0.05, 0.1) is 7.11 Å². The summed E-state index contributed by atoms with van der Waals surface area (Å²) in [5.74, 6) is 0.266. The molecule has 1 rings (SSSR count). The monoisotopic (exact) mass is 243 g/mol. The van der Waals surface area contributed by atoms with Crippen LogP contribution < -0.4 is 10.1 Å². The van der Waals surface area contributed by atoms with Gasteiger partial charge in [-0.1, -0.05) is 11.6 Å². The molecule has 0 radical (unpaired) electrons. The summed E-state index contributed by atoms with van der Waals surface area (Å²) in [6.45, 7) is 1.63. The van der Waals surface area contributed by atoms with Gasteiger partial charge in [-0.25, -0.2) is 0 Å². The molecule has 88 valence electrons. The molecule has 0 bridgehead atoms. The van der Waals surface area contributed by atoms with Gasteiger partial charge in [0.2, 0.25) is 5.91 Å². The second-order valence-electron chi connectivity index (χ2n) is 3.35. The Morgan fingerprint density at radius 3 is 2.81 bits per heavy atom. The summed E-state index contributed by atoms with van der Waals surface area (Å²) in [5.41, 5.74) is 1.69. The third-order valence-electron chi connectivity index (χ3n) is 2.14. The first-order valence-corrected chi connectivity index (χ1v) is 5.17. The maximum Gasteiger partial charge on any atom is 0.245 e. The summed E-state index contributed by atoms with van der Waals surface area (Å²) >= 11 is 5.91. The highest BCUT2D eigenvalue weighted by Crippen LogP contribution is 2.27. The molecule has 16 heavy (non-hydrogen) atoms. The van der Waals surface area contributed by atoms with Crippen LogP contribution in [0.4, 0.5) is 0 Å². The van der Waals surface area contributed by atoms with Gasteiger partial charge in [-0.2, -0.15) is 0 Å². The van der Waals surface area contributed by atoms with Gasteiger partial charge >= 0.3 is 0 Å². The lowest BCUT2D eigenvalue weighted by atomic mass is 10.1. The fourth-order valence-corrected chi connectivity index (χ4v) is 1.77. The lowest BCUT2D eigenvalue weighted by Gasteiger charge is -2.12. The summed E-state index contributed by atoms with van der Waals surface area (Å²) in [4.78, 5) is 10.9. The summed E-state index contributed by atoms with van der Waals surface area (Å²) in [7, 11) is 1.56. The molecular weight excluding hydrogens is 230 g/mol. The predicted molar refractivity (Wildman–Crippen MR) is 61.7 cm³/mol. The Hall–Kier alpha value is -1.26. The molecule has 0 spiro atoms. The number of rotatable bonds is 4. The quantitative estimate of drug-likeness (QED) is 0.837. The molecule has 0 aliphatic heterocycles. The van der Waals surface area contributed by atoms with E-state index >= 15 is 0 Å². The first-order chi connectivity index (χ1) is 7.58. The molecule has 0 heterocycles. The number of carbonyl (C=O) groups excluding carboxylic acids is 1. The number of amides is 1. The van der Waals surface area contributed by atoms with Crippen LogP contribution in [0.3, 0.4) is 0 Å². The molecule has 4 nitrogen and oxygen atoms in total. The number of benzene rings is 1. The fourth-order valence-electron chi connectivity index (χ4n) is 1.47. The number of aryl methyl sites for hydroxylation is 1. The zero-order valence-corrected chi connectivity index (χ0v) is 9.97. The Morgan fingerprint density at radius 2 is 2.25 bits per heavy atom. The van der Waals surface area contributed by atoms with Crippen molar-refractivity contribution in [3.8, 4) is 5.75 Å². The molecule has 0 unspecified atom stereocenters. The molecule has 0 aliphatic rings. The van der Waals surface area contributed by atoms with Crippen molar-refractivity contribution in [3.63, 3.8) is 0 Å². The van der Waals surface area contributed by atoms with Crippen molar-refractivity contribution in [2.45, 2.75) is 13.5 Å². The van der Waals surface area contributed by atoms with Crippen molar-refractivity contribution in [1.29, 1.82) is 0 Å². The van der Waals surface area contributed by atoms with E-state index in [9.17, 15) is 4.79 Å². The highest BCUT2D eigenvalue weighted by Gasteiger charge is 2.09. The van der Waals surface area contributed by atoms with Crippen LogP contribution in [0.15, 0.2) is 12.1 Å². The SMILES string of the molecule is COc1c(C)cc(Cl)cc1CNC(=O)CO. The van der Waals surface area contributed by atoms with Crippen molar-refractivity contribution >= 4 is 17.5 Å². The van der Waals surface area contributed by atoms with Gasteiger partial charge in [0.15, 0.2) is 0 Å². The molecule has 0 atom stereocenters. The Balaban J connectivity index is 2.89. The number of methoxy groups -OCH3 is 1. The highest BCUT2D eigenvalue weighted by molar-refractivity contribution is 6.30. The van der Waals surface area contributed by atoms with Gasteiger partial charge in [0.25, 0.3) is 0 Å². The van der Waals surface area contributed by atoms with Crippen LogP contribution in [0.5, 0.6) is 5.75 Å². The van der Waals surface area contributed by atoms with E-state index in [1.54, 1.807) is 19.2 Å².